The molecule has 0 radical (unpaired) electrons. The van der Waals surface area contributed by atoms with E-state index in [1.54, 1.807) is 0 Å². The van der Waals surface area contributed by atoms with Crippen LogP contribution in [0.15, 0.2) is 53.7 Å². The lowest BCUT2D eigenvalue weighted by Gasteiger charge is -2.14. The van der Waals surface area contributed by atoms with Crippen LogP contribution >= 0.6 is 11.8 Å². The molecule has 6 heteroatoms. The van der Waals surface area contributed by atoms with Gasteiger partial charge >= 0.3 is 0 Å². The number of aromatic nitrogens is 3. The van der Waals surface area contributed by atoms with Crippen LogP contribution in [-0.4, -0.2) is 32.5 Å². The highest BCUT2D eigenvalue weighted by Crippen LogP contribution is 2.26. The Bertz CT molecular complexity index is 1010. The van der Waals surface area contributed by atoms with E-state index in [0.29, 0.717) is 18.2 Å². The van der Waals surface area contributed by atoms with Crippen LogP contribution < -0.4 is 5.32 Å². The van der Waals surface area contributed by atoms with Crippen LogP contribution in [0.2, 0.25) is 0 Å². The van der Waals surface area contributed by atoms with Crippen LogP contribution in [-0.2, 0) is 11.2 Å². The molecule has 30 heavy (non-hydrogen) atoms. The summed E-state index contributed by atoms with van der Waals surface area (Å²) in [5, 5.41) is 12.9. The Kier molecular flexibility index (Phi) is 6.53. The Morgan fingerprint density at radius 3 is 2.60 bits per heavy atom. The van der Waals surface area contributed by atoms with Crippen molar-refractivity contribution in [2.45, 2.75) is 57.1 Å². The molecule has 1 aliphatic rings. The minimum absolute atomic E-state index is 0.0756. The maximum Gasteiger partial charge on any atom is 0.230 e. The monoisotopic (exact) mass is 420 g/mol. The van der Waals surface area contributed by atoms with Crippen molar-refractivity contribution in [2.75, 3.05) is 5.75 Å². The highest BCUT2D eigenvalue weighted by atomic mass is 32.2. The van der Waals surface area contributed by atoms with E-state index >= 15 is 0 Å². The van der Waals surface area contributed by atoms with Crippen LogP contribution in [0.5, 0.6) is 0 Å². The predicted molar refractivity (Wildman–Crippen MR) is 121 cm³/mol. The van der Waals surface area contributed by atoms with Crippen molar-refractivity contribution >= 4 is 17.7 Å². The molecule has 2 aromatic carbocycles. The van der Waals surface area contributed by atoms with Gasteiger partial charge in [-0.2, -0.15) is 0 Å². The van der Waals surface area contributed by atoms with E-state index < -0.39 is 0 Å². The Hall–Kier alpha value is -2.60. The third kappa shape index (κ3) is 4.93. The first-order valence-electron chi connectivity index (χ1n) is 10.6. The first kappa shape index (κ1) is 20.7. The van der Waals surface area contributed by atoms with Crippen molar-refractivity contribution in [3.8, 4) is 5.69 Å². The summed E-state index contributed by atoms with van der Waals surface area (Å²) in [6, 6.07) is 17.0. The molecular weight excluding hydrogens is 392 g/mol. The molecule has 5 nitrogen and oxygen atoms in total. The van der Waals surface area contributed by atoms with Crippen molar-refractivity contribution < 1.29 is 4.79 Å². The summed E-state index contributed by atoms with van der Waals surface area (Å²) in [7, 11) is 0. The van der Waals surface area contributed by atoms with Crippen molar-refractivity contribution in [3.63, 3.8) is 0 Å². The predicted octanol–water partition coefficient (Wildman–Crippen LogP) is 4.63. The minimum atomic E-state index is 0.0756. The van der Waals surface area contributed by atoms with E-state index in [4.69, 9.17) is 0 Å². The SMILES string of the molecule is Cc1ccc(-n2c(Cc3ccccc3)nnc2SCC(=O)NC2CCCC2)c(C)c1. The second-order valence-electron chi connectivity index (χ2n) is 8.02. The molecule has 0 saturated heterocycles. The number of carbonyl (C=O) groups excluding carboxylic acids is 1. The van der Waals surface area contributed by atoms with Gasteiger partial charge in [0.2, 0.25) is 5.91 Å². The number of rotatable bonds is 7. The Balaban J connectivity index is 1.58. The molecule has 1 saturated carbocycles. The van der Waals surface area contributed by atoms with Crippen molar-refractivity contribution in [3.05, 3.63) is 71.0 Å². The molecule has 0 unspecified atom stereocenters. The molecule has 0 atom stereocenters. The number of carbonyl (C=O) groups is 1. The molecule has 4 rings (SSSR count). The zero-order chi connectivity index (χ0) is 20.9. The van der Waals surface area contributed by atoms with Crippen molar-refractivity contribution in [2.24, 2.45) is 0 Å². The lowest BCUT2D eigenvalue weighted by atomic mass is 10.1. The van der Waals surface area contributed by atoms with Gasteiger partial charge in [-0.1, -0.05) is 72.6 Å². The smallest absolute Gasteiger partial charge is 0.230 e. The summed E-state index contributed by atoms with van der Waals surface area (Å²) in [5.74, 6) is 1.31. The van der Waals surface area contributed by atoms with E-state index in [2.05, 4.69) is 64.3 Å². The molecule has 0 spiro atoms. The van der Waals surface area contributed by atoms with Crippen LogP contribution in [0.25, 0.3) is 5.69 Å². The van der Waals surface area contributed by atoms with Gasteiger partial charge in [0.15, 0.2) is 5.16 Å². The van der Waals surface area contributed by atoms with Gasteiger partial charge in [0.25, 0.3) is 0 Å². The van der Waals surface area contributed by atoms with Gasteiger partial charge in [0.1, 0.15) is 5.82 Å². The second kappa shape index (κ2) is 9.47. The maximum absolute atomic E-state index is 12.4. The number of nitrogens with zero attached hydrogens (tertiary/aromatic N) is 3. The summed E-state index contributed by atoms with van der Waals surface area (Å²) in [5.41, 5.74) is 4.64. The van der Waals surface area contributed by atoms with Crippen LogP contribution in [0.1, 0.15) is 48.2 Å². The van der Waals surface area contributed by atoms with Gasteiger partial charge in [-0.3, -0.25) is 9.36 Å². The molecule has 1 amide bonds. The van der Waals surface area contributed by atoms with E-state index in [9.17, 15) is 4.79 Å². The minimum Gasteiger partial charge on any atom is -0.353 e. The fraction of sp³-hybridized carbons (Fsp3) is 0.375. The van der Waals surface area contributed by atoms with Gasteiger partial charge < -0.3 is 5.32 Å². The van der Waals surface area contributed by atoms with E-state index in [1.165, 1.54) is 41.3 Å². The first-order chi connectivity index (χ1) is 14.6. The van der Waals surface area contributed by atoms with E-state index in [0.717, 1.165) is 29.5 Å². The highest BCUT2D eigenvalue weighted by Gasteiger charge is 2.20. The van der Waals surface area contributed by atoms with E-state index in [1.807, 2.05) is 18.2 Å². The summed E-state index contributed by atoms with van der Waals surface area (Å²) < 4.78 is 2.11. The maximum atomic E-state index is 12.4. The summed E-state index contributed by atoms with van der Waals surface area (Å²) in [6.07, 6.45) is 5.30. The van der Waals surface area contributed by atoms with E-state index in [-0.39, 0.29) is 5.91 Å². The van der Waals surface area contributed by atoms with Gasteiger partial charge in [0.05, 0.1) is 11.4 Å². The molecule has 3 aromatic rings. The van der Waals surface area contributed by atoms with Crippen LogP contribution in [0.4, 0.5) is 0 Å². The van der Waals surface area contributed by atoms with Crippen LogP contribution in [0, 0.1) is 13.8 Å². The topological polar surface area (TPSA) is 59.8 Å². The van der Waals surface area contributed by atoms with Gasteiger partial charge in [-0.25, -0.2) is 0 Å². The molecule has 1 heterocycles. The van der Waals surface area contributed by atoms with Gasteiger partial charge in [0, 0.05) is 12.5 Å². The molecule has 156 valence electrons. The second-order valence-corrected chi connectivity index (χ2v) is 8.97. The standard InChI is InChI=1S/C24H28N4OS/c1-17-12-13-21(18(2)14-17)28-22(15-19-8-4-3-5-9-19)26-27-24(28)30-16-23(29)25-20-10-6-7-11-20/h3-5,8-9,12-14,20H,6-7,10-11,15-16H2,1-2H3,(H,25,29). The number of amides is 1. The Morgan fingerprint density at radius 1 is 1.10 bits per heavy atom. The number of hydrogen-bond acceptors (Lipinski definition) is 4. The molecule has 0 aliphatic heterocycles. The lowest BCUT2D eigenvalue weighted by Crippen LogP contribution is -2.33. The highest BCUT2D eigenvalue weighted by molar-refractivity contribution is 7.99. The Labute approximate surface area is 182 Å². The largest absolute Gasteiger partial charge is 0.353 e. The fourth-order valence-corrected chi connectivity index (χ4v) is 4.83. The van der Waals surface area contributed by atoms with Crippen molar-refractivity contribution in [1.82, 2.24) is 20.1 Å². The quantitative estimate of drug-likeness (QED) is 0.566. The number of aryl methyl sites for hydroxylation is 2. The average molecular weight is 421 g/mol. The number of nitrogens with one attached hydrogen (secondary N) is 1. The molecule has 1 fully saturated rings. The lowest BCUT2D eigenvalue weighted by molar-refractivity contribution is -0.119. The van der Waals surface area contributed by atoms with Crippen LogP contribution in [0.3, 0.4) is 0 Å². The third-order valence-electron chi connectivity index (χ3n) is 5.55. The summed E-state index contributed by atoms with van der Waals surface area (Å²) >= 11 is 1.45. The number of benzene rings is 2. The fourth-order valence-electron chi connectivity index (χ4n) is 4.05. The summed E-state index contributed by atoms with van der Waals surface area (Å²) in [4.78, 5) is 12.4. The molecule has 0 bridgehead atoms. The number of thioether (sulfide) groups is 1. The zero-order valence-electron chi connectivity index (χ0n) is 17.6. The van der Waals surface area contributed by atoms with Gasteiger partial charge in [-0.15, -0.1) is 10.2 Å². The molecule has 1 aliphatic carbocycles. The Morgan fingerprint density at radius 2 is 1.87 bits per heavy atom. The molecule has 1 N–H and O–H groups in total. The third-order valence-corrected chi connectivity index (χ3v) is 6.48. The molecular formula is C24H28N4OS. The van der Waals surface area contributed by atoms with Gasteiger partial charge in [-0.05, 0) is 43.9 Å². The average Bonchev–Trinajstić information content (AvgIpc) is 3.38. The number of hydrogen-bond donors (Lipinski definition) is 1. The zero-order valence-corrected chi connectivity index (χ0v) is 18.4. The normalized spacial score (nSPS) is 14.2. The molecule has 1 aromatic heterocycles. The first-order valence-corrected chi connectivity index (χ1v) is 11.6. The van der Waals surface area contributed by atoms with Crippen molar-refractivity contribution in [1.29, 1.82) is 0 Å². The summed E-state index contributed by atoms with van der Waals surface area (Å²) in [6.45, 7) is 4.20.